The van der Waals surface area contributed by atoms with E-state index in [2.05, 4.69) is 10.3 Å². The van der Waals surface area contributed by atoms with Gasteiger partial charge in [-0.3, -0.25) is 19.2 Å². The van der Waals surface area contributed by atoms with E-state index in [1.165, 1.54) is 35.2 Å². The highest BCUT2D eigenvalue weighted by molar-refractivity contribution is 5.94. The number of nitrogens with zero attached hydrogens (tertiary/aromatic N) is 3. The minimum Gasteiger partial charge on any atom is -0.501 e. The summed E-state index contributed by atoms with van der Waals surface area (Å²) in [6.45, 7) is 4.40. The third-order valence-electron chi connectivity index (χ3n) is 5.70. The van der Waals surface area contributed by atoms with Crippen molar-refractivity contribution in [2.45, 2.75) is 51.8 Å². The van der Waals surface area contributed by atoms with Crippen molar-refractivity contribution >= 4 is 11.6 Å². The molecule has 0 bridgehead atoms. The highest BCUT2D eigenvalue weighted by atomic mass is 19.1. The van der Waals surface area contributed by atoms with Crippen LogP contribution in [0, 0.1) is 5.82 Å². The van der Waals surface area contributed by atoms with Gasteiger partial charge in [0, 0.05) is 18.9 Å². The number of hydrazine groups is 1. The maximum absolute atomic E-state index is 13.7. The van der Waals surface area contributed by atoms with Gasteiger partial charge in [-0.05, 0) is 30.5 Å². The minimum atomic E-state index is -0.812. The molecule has 0 saturated heterocycles. The van der Waals surface area contributed by atoms with Crippen LogP contribution >= 0.6 is 0 Å². The van der Waals surface area contributed by atoms with Gasteiger partial charge in [-0.1, -0.05) is 26.3 Å². The highest BCUT2D eigenvalue weighted by Gasteiger charge is 2.40. The van der Waals surface area contributed by atoms with Gasteiger partial charge in [0.25, 0.3) is 11.5 Å². The number of anilines is 1. The van der Waals surface area contributed by atoms with Crippen molar-refractivity contribution in [1.82, 2.24) is 14.9 Å². The number of hydrogen-bond donors (Lipinski definition) is 4. The van der Waals surface area contributed by atoms with Crippen molar-refractivity contribution in [2.24, 2.45) is 11.6 Å². The molecular formula is C22H29FN6O4. The molecule has 1 aliphatic heterocycles. The summed E-state index contributed by atoms with van der Waals surface area (Å²) < 4.78 is 21.1. The molecule has 0 aliphatic carbocycles. The first-order chi connectivity index (χ1) is 15.8. The average Bonchev–Trinajstić information content (AvgIpc) is 2.80. The molecule has 10 nitrogen and oxygen atoms in total. The van der Waals surface area contributed by atoms with Crippen molar-refractivity contribution in [3.63, 3.8) is 0 Å². The van der Waals surface area contributed by atoms with Crippen molar-refractivity contribution in [3.8, 4) is 5.75 Å². The van der Waals surface area contributed by atoms with E-state index in [1.54, 1.807) is 0 Å². The second kappa shape index (κ2) is 10.0. The number of carbonyl (C=O) groups is 1. The average molecular weight is 461 g/mol. The first-order valence-corrected chi connectivity index (χ1v) is 10.7. The summed E-state index contributed by atoms with van der Waals surface area (Å²) in [5.41, 5.74) is 4.22. The van der Waals surface area contributed by atoms with Gasteiger partial charge in [0.2, 0.25) is 5.75 Å². The molecule has 1 atom stereocenters. The van der Waals surface area contributed by atoms with Gasteiger partial charge in [0.1, 0.15) is 17.2 Å². The van der Waals surface area contributed by atoms with Crippen LogP contribution < -0.4 is 27.5 Å². The molecule has 1 aromatic heterocycles. The molecule has 1 unspecified atom stereocenters. The molecule has 2 heterocycles. The Labute approximate surface area is 190 Å². The zero-order valence-electron chi connectivity index (χ0n) is 18.7. The van der Waals surface area contributed by atoms with Crippen LogP contribution in [0.5, 0.6) is 5.75 Å². The fourth-order valence-corrected chi connectivity index (χ4v) is 4.04. The van der Waals surface area contributed by atoms with Crippen LogP contribution in [-0.2, 0) is 23.4 Å². The number of rotatable bonds is 8. The first kappa shape index (κ1) is 24.2. The van der Waals surface area contributed by atoms with E-state index < -0.39 is 28.6 Å². The maximum Gasteiger partial charge on any atom is 0.296 e. The largest absolute Gasteiger partial charge is 0.501 e. The molecule has 3 rings (SSSR count). The van der Waals surface area contributed by atoms with E-state index in [9.17, 15) is 19.1 Å². The Balaban J connectivity index is 1.94. The molecule has 6 N–H and O–H groups in total. The van der Waals surface area contributed by atoms with E-state index >= 15 is 0 Å². The third kappa shape index (κ3) is 4.69. The summed E-state index contributed by atoms with van der Waals surface area (Å²) in [4.78, 5) is 30.1. The summed E-state index contributed by atoms with van der Waals surface area (Å²) in [6, 6.07) is 3.88. The molecule has 33 heavy (non-hydrogen) atoms. The van der Waals surface area contributed by atoms with Crippen LogP contribution in [0.15, 0.2) is 35.4 Å². The van der Waals surface area contributed by atoms with Gasteiger partial charge in [-0.15, -0.1) is 0 Å². The molecule has 2 aromatic rings. The lowest BCUT2D eigenvalue weighted by Gasteiger charge is -2.38. The number of benzene rings is 1. The number of nitrogens with one attached hydrogen (secondary N) is 1. The van der Waals surface area contributed by atoms with Crippen molar-refractivity contribution in [1.29, 1.82) is 0 Å². The summed E-state index contributed by atoms with van der Waals surface area (Å²) in [5, 5.41) is 14.2. The van der Waals surface area contributed by atoms with Gasteiger partial charge in [-0.25, -0.2) is 15.2 Å². The maximum atomic E-state index is 13.7. The van der Waals surface area contributed by atoms with Gasteiger partial charge in [0.05, 0.1) is 18.8 Å². The number of aromatic nitrogens is 2. The number of nitrogens with two attached hydrogens (primary N) is 2. The molecule has 0 fully saturated rings. The lowest BCUT2D eigenvalue weighted by Crippen LogP contribution is -2.45. The SMILES string of the molecule is CCCC1(CC)OCCn2c1nc(C(=O)NCc1ccc(F)cc1N(N)/C=C\N)c(O)c2=O. The summed E-state index contributed by atoms with van der Waals surface area (Å²) in [7, 11) is 0. The lowest BCUT2D eigenvalue weighted by atomic mass is 9.92. The number of aromatic hydroxyl groups is 1. The van der Waals surface area contributed by atoms with Crippen LogP contribution in [0.4, 0.5) is 10.1 Å². The Morgan fingerprint density at radius 2 is 2.21 bits per heavy atom. The minimum absolute atomic E-state index is 0.0650. The number of ether oxygens (including phenoxy) is 1. The lowest BCUT2D eigenvalue weighted by molar-refractivity contribution is -0.0924. The molecule has 1 aromatic carbocycles. The fourth-order valence-electron chi connectivity index (χ4n) is 4.04. The predicted molar refractivity (Wildman–Crippen MR) is 121 cm³/mol. The standard InChI is InChI=1S/C22H29FN6O4/c1-3-7-22(4-2)21-27-17(18(30)20(32)28(21)10-11-33-22)19(31)26-13-14-5-6-15(23)12-16(14)29(25)9-8-24/h5-6,8-9,12,30H,3-4,7,10-11,13,24-25H2,1-2H3,(H,26,31)/b9-8-. The molecule has 0 radical (unpaired) electrons. The Morgan fingerprint density at radius 1 is 1.45 bits per heavy atom. The topological polar surface area (TPSA) is 149 Å². The second-order valence-corrected chi connectivity index (χ2v) is 7.74. The van der Waals surface area contributed by atoms with Crippen LogP contribution in [0.1, 0.15) is 55.0 Å². The van der Waals surface area contributed by atoms with E-state index in [0.29, 0.717) is 30.8 Å². The Hall–Kier alpha value is -3.44. The van der Waals surface area contributed by atoms with Crippen LogP contribution in [0.25, 0.3) is 0 Å². The molecule has 1 amide bonds. The van der Waals surface area contributed by atoms with Gasteiger partial charge in [0.15, 0.2) is 5.69 Å². The molecule has 11 heteroatoms. The Morgan fingerprint density at radius 3 is 2.88 bits per heavy atom. The fraction of sp³-hybridized carbons (Fsp3) is 0.409. The smallest absolute Gasteiger partial charge is 0.296 e. The van der Waals surface area contributed by atoms with Crippen LogP contribution in [0.2, 0.25) is 0 Å². The zero-order chi connectivity index (χ0) is 24.2. The van der Waals surface area contributed by atoms with Gasteiger partial charge >= 0.3 is 0 Å². The highest BCUT2D eigenvalue weighted by Crippen LogP contribution is 2.36. The number of fused-ring (bicyclic) bond motifs is 1. The first-order valence-electron chi connectivity index (χ1n) is 10.7. The van der Waals surface area contributed by atoms with Crippen molar-refractivity contribution in [2.75, 3.05) is 11.6 Å². The van der Waals surface area contributed by atoms with E-state index in [0.717, 1.165) is 11.4 Å². The zero-order valence-corrected chi connectivity index (χ0v) is 18.7. The van der Waals surface area contributed by atoms with Crippen LogP contribution in [0.3, 0.4) is 0 Å². The predicted octanol–water partition coefficient (Wildman–Crippen LogP) is 1.56. The number of carbonyl (C=O) groups excluding carboxylic acids is 1. The quantitative estimate of drug-likeness (QED) is 0.343. The Bertz CT molecular complexity index is 1120. The summed E-state index contributed by atoms with van der Waals surface area (Å²) >= 11 is 0. The molecule has 1 aliphatic rings. The van der Waals surface area contributed by atoms with Crippen LogP contribution in [-0.4, -0.2) is 27.2 Å². The summed E-state index contributed by atoms with van der Waals surface area (Å²) in [5.74, 6) is 4.19. The molecule has 0 saturated carbocycles. The Kier molecular flexibility index (Phi) is 7.34. The number of hydrogen-bond acceptors (Lipinski definition) is 8. The second-order valence-electron chi connectivity index (χ2n) is 7.74. The normalized spacial score (nSPS) is 17.7. The monoisotopic (exact) mass is 460 g/mol. The van der Waals surface area contributed by atoms with Crippen molar-refractivity contribution in [3.05, 3.63) is 63.9 Å². The van der Waals surface area contributed by atoms with Gasteiger partial charge in [-0.2, -0.15) is 0 Å². The molecule has 178 valence electrons. The van der Waals surface area contributed by atoms with Gasteiger partial charge < -0.3 is 20.9 Å². The third-order valence-corrected chi connectivity index (χ3v) is 5.70. The number of amides is 1. The summed E-state index contributed by atoms with van der Waals surface area (Å²) in [6.07, 6.45) is 4.47. The van der Waals surface area contributed by atoms with E-state index in [1.807, 2.05) is 13.8 Å². The number of halogens is 1. The van der Waals surface area contributed by atoms with E-state index in [4.69, 9.17) is 16.3 Å². The van der Waals surface area contributed by atoms with Crippen molar-refractivity contribution < 1.29 is 19.0 Å². The molecular weight excluding hydrogens is 431 g/mol. The molecule has 0 spiro atoms. The van der Waals surface area contributed by atoms with E-state index in [-0.39, 0.29) is 24.5 Å².